The van der Waals surface area contributed by atoms with E-state index >= 15 is 0 Å². The molecule has 3 nitrogen and oxygen atoms in total. The molecule has 0 saturated carbocycles. The van der Waals surface area contributed by atoms with Gasteiger partial charge in [0.2, 0.25) is 0 Å². The molecule has 1 aromatic carbocycles. The van der Waals surface area contributed by atoms with Crippen LogP contribution in [0.25, 0.3) is 0 Å². The van der Waals surface area contributed by atoms with Gasteiger partial charge in [0, 0.05) is 23.7 Å². The van der Waals surface area contributed by atoms with Crippen LogP contribution < -0.4 is 14.8 Å². The maximum atomic E-state index is 5.98. The van der Waals surface area contributed by atoms with Gasteiger partial charge in [-0.1, -0.05) is 6.07 Å². The minimum absolute atomic E-state index is 0.0740. The minimum Gasteiger partial charge on any atom is -0.497 e. The molecule has 0 spiro atoms. The van der Waals surface area contributed by atoms with E-state index in [2.05, 4.69) is 49.0 Å². The maximum Gasteiger partial charge on any atom is 0.127 e. The molecular weight excluding hydrogens is 282 g/mol. The van der Waals surface area contributed by atoms with Gasteiger partial charge in [-0.25, -0.2) is 0 Å². The van der Waals surface area contributed by atoms with Crippen molar-refractivity contribution in [2.75, 3.05) is 7.11 Å². The van der Waals surface area contributed by atoms with Gasteiger partial charge in [0.05, 0.1) is 7.11 Å². The highest BCUT2D eigenvalue weighted by Gasteiger charge is 2.12. The maximum absolute atomic E-state index is 5.98. The highest BCUT2D eigenvalue weighted by Crippen LogP contribution is 2.26. The van der Waals surface area contributed by atoms with E-state index in [0.29, 0.717) is 6.61 Å². The van der Waals surface area contributed by atoms with Gasteiger partial charge >= 0.3 is 0 Å². The van der Waals surface area contributed by atoms with Crippen LogP contribution in [0.1, 0.15) is 31.9 Å². The topological polar surface area (TPSA) is 30.5 Å². The van der Waals surface area contributed by atoms with Gasteiger partial charge in [-0.15, -0.1) is 0 Å². The van der Waals surface area contributed by atoms with E-state index in [4.69, 9.17) is 9.47 Å². The Kier molecular flexibility index (Phi) is 5.26. The summed E-state index contributed by atoms with van der Waals surface area (Å²) in [5, 5.41) is 7.66. The average molecular weight is 305 g/mol. The quantitative estimate of drug-likeness (QED) is 0.866. The lowest BCUT2D eigenvalue weighted by Crippen LogP contribution is -2.35. The van der Waals surface area contributed by atoms with Crippen LogP contribution in [0.2, 0.25) is 0 Å². The molecule has 0 aliphatic carbocycles. The summed E-state index contributed by atoms with van der Waals surface area (Å²) in [4.78, 5) is 0. The van der Waals surface area contributed by atoms with Crippen LogP contribution in [0.3, 0.4) is 0 Å². The van der Waals surface area contributed by atoms with Crippen molar-refractivity contribution in [3.8, 4) is 11.5 Å². The van der Waals surface area contributed by atoms with E-state index in [1.165, 1.54) is 5.56 Å². The van der Waals surface area contributed by atoms with Crippen molar-refractivity contribution in [2.45, 2.75) is 39.5 Å². The smallest absolute Gasteiger partial charge is 0.127 e. The summed E-state index contributed by atoms with van der Waals surface area (Å²) >= 11 is 1.68. The molecule has 1 aromatic heterocycles. The number of methoxy groups -OCH3 is 1. The Hall–Kier alpha value is -1.52. The molecule has 0 bridgehead atoms. The van der Waals surface area contributed by atoms with Gasteiger partial charge in [-0.05, 0) is 49.2 Å². The van der Waals surface area contributed by atoms with E-state index < -0.39 is 0 Å². The predicted octanol–water partition coefficient (Wildman–Crippen LogP) is 4.22. The number of rotatable bonds is 6. The van der Waals surface area contributed by atoms with Crippen LogP contribution >= 0.6 is 11.3 Å². The van der Waals surface area contributed by atoms with Crippen molar-refractivity contribution in [1.29, 1.82) is 0 Å². The molecule has 0 amide bonds. The Morgan fingerprint density at radius 3 is 2.62 bits per heavy atom. The molecule has 1 N–H and O–H groups in total. The van der Waals surface area contributed by atoms with E-state index in [9.17, 15) is 0 Å². The van der Waals surface area contributed by atoms with Crippen molar-refractivity contribution < 1.29 is 9.47 Å². The second-order valence-electron chi connectivity index (χ2n) is 6.00. The monoisotopic (exact) mass is 305 g/mol. The molecule has 0 atom stereocenters. The fourth-order valence-electron chi connectivity index (χ4n) is 1.84. The Bertz CT molecular complexity index is 559. The van der Waals surface area contributed by atoms with Crippen molar-refractivity contribution in [3.05, 3.63) is 46.2 Å². The number of thiophene rings is 1. The molecule has 2 aromatic rings. The molecule has 0 unspecified atom stereocenters. The van der Waals surface area contributed by atoms with Crippen LogP contribution in [0, 0.1) is 0 Å². The molecular formula is C17H23NO2S. The van der Waals surface area contributed by atoms with Gasteiger partial charge in [0.15, 0.2) is 0 Å². The van der Waals surface area contributed by atoms with E-state index in [0.717, 1.165) is 23.6 Å². The first-order valence-electron chi connectivity index (χ1n) is 7.04. The summed E-state index contributed by atoms with van der Waals surface area (Å²) in [6, 6.07) is 8.06. The van der Waals surface area contributed by atoms with Crippen LogP contribution in [-0.4, -0.2) is 12.6 Å². The number of nitrogens with one attached hydrogen (secondary N) is 1. The second-order valence-corrected chi connectivity index (χ2v) is 6.78. The van der Waals surface area contributed by atoms with Gasteiger partial charge in [-0.2, -0.15) is 11.3 Å². The number of hydrogen-bond donors (Lipinski definition) is 1. The predicted molar refractivity (Wildman–Crippen MR) is 88.2 cm³/mol. The standard InChI is InChI=1S/C17H23NO2S/c1-17(2,3)18-10-14-5-6-15(19-4)9-16(14)20-11-13-7-8-21-12-13/h5-9,12,18H,10-11H2,1-4H3. The van der Waals surface area contributed by atoms with Crippen LogP contribution in [0.15, 0.2) is 35.0 Å². The number of ether oxygens (including phenoxy) is 2. The average Bonchev–Trinajstić information content (AvgIpc) is 2.95. The third-order valence-electron chi connectivity index (χ3n) is 3.06. The zero-order valence-corrected chi connectivity index (χ0v) is 13.9. The SMILES string of the molecule is COc1ccc(CNC(C)(C)C)c(OCc2ccsc2)c1. The largest absolute Gasteiger partial charge is 0.497 e. The van der Waals surface area contributed by atoms with Crippen molar-refractivity contribution in [2.24, 2.45) is 0 Å². The third-order valence-corrected chi connectivity index (χ3v) is 3.79. The zero-order valence-electron chi connectivity index (χ0n) is 13.1. The van der Waals surface area contributed by atoms with Crippen LogP contribution in [-0.2, 0) is 13.2 Å². The fourth-order valence-corrected chi connectivity index (χ4v) is 2.49. The summed E-state index contributed by atoms with van der Waals surface area (Å²) in [6.45, 7) is 7.82. The van der Waals surface area contributed by atoms with E-state index in [1.54, 1.807) is 18.4 Å². The van der Waals surface area contributed by atoms with Gasteiger partial charge < -0.3 is 14.8 Å². The molecule has 0 aliphatic heterocycles. The third kappa shape index (κ3) is 5.06. The number of benzene rings is 1. The lowest BCUT2D eigenvalue weighted by Gasteiger charge is -2.22. The Labute approximate surface area is 130 Å². The first kappa shape index (κ1) is 15.9. The minimum atomic E-state index is 0.0740. The first-order chi connectivity index (χ1) is 9.98. The molecule has 114 valence electrons. The molecule has 0 saturated heterocycles. The fraction of sp³-hybridized carbons (Fsp3) is 0.412. The van der Waals surface area contributed by atoms with Gasteiger partial charge in [-0.3, -0.25) is 0 Å². The van der Waals surface area contributed by atoms with Crippen molar-refractivity contribution in [3.63, 3.8) is 0 Å². The summed E-state index contributed by atoms with van der Waals surface area (Å²) in [5.41, 5.74) is 2.41. The molecule has 0 fully saturated rings. The van der Waals surface area contributed by atoms with Crippen LogP contribution in [0.5, 0.6) is 11.5 Å². The Morgan fingerprint density at radius 1 is 1.19 bits per heavy atom. The Balaban J connectivity index is 2.11. The second kappa shape index (κ2) is 6.96. The highest BCUT2D eigenvalue weighted by atomic mass is 32.1. The lowest BCUT2D eigenvalue weighted by molar-refractivity contribution is 0.298. The lowest BCUT2D eigenvalue weighted by atomic mass is 10.1. The number of hydrogen-bond acceptors (Lipinski definition) is 4. The van der Waals surface area contributed by atoms with E-state index in [-0.39, 0.29) is 5.54 Å². The first-order valence-corrected chi connectivity index (χ1v) is 7.98. The summed E-state index contributed by atoms with van der Waals surface area (Å²) in [7, 11) is 1.67. The summed E-state index contributed by atoms with van der Waals surface area (Å²) in [6.07, 6.45) is 0. The molecule has 1 heterocycles. The molecule has 2 rings (SSSR count). The molecule has 0 aliphatic rings. The normalized spacial score (nSPS) is 11.4. The van der Waals surface area contributed by atoms with Crippen molar-refractivity contribution in [1.82, 2.24) is 5.32 Å². The molecule has 4 heteroatoms. The highest BCUT2D eigenvalue weighted by molar-refractivity contribution is 7.07. The summed E-state index contributed by atoms with van der Waals surface area (Å²) in [5.74, 6) is 1.69. The van der Waals surface area contributed by atoms with E-state index in [1.807, 2.05) is 12.1 Å². The molecule has 0 radical (unpaired) electrons. The Morgan fingerprint density at radius 2 is 2.00 bits per heavy atom. The zero-order chi connectivity index (χ0) is 15.3. The summed E-state index contributed by atoms with van der Waals surface area (Å²) < 4.78 is 11.3. The van der Waals surface area contributed by atoms with Gasteiger partial charge in [0.1, 0.15) is 18.1 Å². The molecule has 21 heavy (non-hydrogen) atoms. The van der Waals surface area contributed by atoms with Gasteiger partial charge in [0.25, 0.3) is 0 Å². The van der Waals surface area contributed by atoms with Crippen molar-refractivity contribution >= 4 is 11.3 Å². The van der Waals surface area contributed by atoms with Crippen LogP contribution in [0.4, 0.5) is 0 Å².